The second kappa shape index (κ2) is 8.90. The molecule has 2 atom stereocenters. The summed E-state index contributed by atoms with van der Waals surface area (Å²) < 4.78 is 5.67. The van der Waals surface area contributed by atoms with Gasteiger partial charge in [0.1, 0.15) is 5.60 Å². The van der Waals surface area contributed by atoms with Crippen LogP contribution in [-0.2, 0) is 4.74 Å². The number of carbonyl (C=O) groups excluding carboxylic acids is 1. The molecule has 0 bridgehead atoms. The highest BCUT2D eigenvalue weighted by Crippen LogP contribution is 2.52. The fourth-order valence-corrected chi connectivity index (χ4v) is 7.00. The van der Waals surface area contributed by atoms with Gasteiger partial charge in [0, 0.05) is 52.1 Å². The Balaban J connectivity index is 1.51. The maximum absolute atomic E-state index is 12.8. The number of ether oxygens (including phenoxy) is 1. The fourth-order valence-electron chi connectivity index (χ4n) is 5.40. The molecule has 1 amide bonds. The maximum Gasteiger partial charge on any atom is 0.410 e. The van der Waals surface area contributed by atoms with Crippen LogP contribution in [-0.4, -0.2) is 48.0 Å². The third kappa shape index (κ3) is 4.56. The Bertz CT molecular complexity index is 1080. The van der Waals surface area contributed by atoms with Crippen LogP contribution < -0.4 is 4.90 Å². The topological polar surface area (TPSA) is 32.8 Å². The SMILES string of the molecule is CC(C)(C)OC(=O)N1CCC2c3cc(-c4ccc(Cl)cc4Cl)cc4c3N(CCCS4)C2CC1. The van der Waals surface area contributed by atoms with Gasteiger partial charge in [-0.1, -0.05) is 29.3 Å². The lowest BCUT2D eigenvalue weighted by atomic mass is 9.89. The predicted octanol–water partition coefficient (Wildman–Crippen LogP) is 7.46. The average molecular weight is 506 g/mol. The summed E-state index contributed by atoms with van der Waals surface area (Å²) >= 11 is 14.7. The van der Waals surface area contributed by atoms with E-state index in [4.69, 9.17) is 27.9 Å². The number of nitrogens with zero attached hydrogens (tertiary/aromatic N) is 2. The highest BCUT2D eigenvalue weighted by atomic mass is 35.5. The number of thioether (sulfide) groups is 1. The number of likely N-dealkylation sites (tertiary alicyclic amines) is 1. The summed E-state index contributed by atoms with van der Waals surface area (Å²) in [5.74, 6) is 1.51. The van der Waals surface area contributed by atoms with Crippen LogP contribution in [0, 0.1) is 0 Å². The van der Waals surface area contributed by atoms with E-state index in [9.17, 15) is 4.79 Å². The molecule has 0 saturated carbocycles. The number of hydrogen-bond acceptors (Lipinski definition) is 4. The minimum absolute atomic E-state index is 0.198. The molecule has 7 heteroatoms. The van der Waals surface area contributed by atoms with Gasteiger partial charge in [-0.2, -0.15) is 0 Å². The molecule has 0 aromatic heterocycles. The molecule has 1 saturated heterocycles. The van der Waals surface area contributed by atoms with Crippen LogP contribution in [0.25, 0.3) is 11.1 Å². The molecule has 3 aliphatic rings. The molecule has 0 N–H and O–H groups in total. The Morgan fingerprint density at radius 3 is 2.64 bits per heavy atom. The molecule has 1 fully saturated rings. The van der Waals surface area contributed by atoms with Gasteiger partial charge in [0.2, 0.25) is 0 Å². The highest BCUT2D eigenvalue weighted by molar-refractivity contribution is 7.99. The second-order valence-electron chi connectivity index (χ2n) is 10.2. The number of halogens is 2. The first kappa shape index (κ1) is 23.2. The maximum atomic E-state index is 12.8. The first-order valence-electron chi connectivity index (χ1n) is 11.7. The fraction of sp³-hybridized carbons (Fsp3) is 0.500. The molecule has 3 aliphatic heterocycles. The number of fused-ring (bicyclic) bond motifs is 3. The zero-order valence-electron chi connectivity index (χ0n) is 19.4. The number of rotatable bonds is 1. The Morgan fingerprint density at radius 2 is 1.88 bits per heavy atom. The van der Waals surface area contributed by atoms with E-state index in [2.05, 4.69) is 17.0 Å². The molecular formula is C26H30Cl2N2O2S. The summed E-state index contributed by atoms with van der Waals surface area (Å²) in [7, 11) is 0. The second-order valence-corrected chi connectivity index (χ2v) is 12.1. The summed E-state index contributed by atoms with van der Waals surface area (Å²) in [6.45, 7) is 8.30. The van der Waals surface area contributed by atoms with Crippen molar-refractivity contribution in [3.05, 3.63) is 45.9 Å². The predicted molar refractivity (Wildman–Crippen MR) is 138 cm³/mol. The molecule has 176 valence electrons. The van der Waals surface area contributed by atoms with Gasteiger partial charge in [0.25, 0.3) is 0 Å². The third-order valence-electron chi connectivity index (χ3n) is 6.76. The molecule has 2 aromatic carbocycles. The van der Waals surface area contributed by atoms with E-state index in [0.29, 0.717) is 22.0 Å². The van der Waals surface area contributed by atoms with E-state index in [0.717, 1.165) is 55.8 Å². The highest BCUT2D eigenvalue weighted by Gasteiger charge is 2.43. The lowest BCUT2D eigenvalue weighted by Gasteiger charge is -2.29. The summed E-state index contributed by atoms with van der Waals surface area (Å²) in [6, 6.07) is 10.8. The molecule has 5 rings (SSSR count). The monoisotopic (exact) mass is 504 g/mol. The van der Waals surface area contributed by atoms with Crippen LogP contribution in [0.1, 0.15) is 51.5 Å². The lowest BCUT2D eigenvalue weighted by Crippen LogP contribution is -2.39. The number of amides is 1. The Kier molecular flexibility index (Phi) is 6.26. The van der Waals surface area contributed by atoms with Gasteiger partial charge in [-0.25, -0.2) is 4.79 Å². The number of hydrogen-bond donors (Lipinski definition) is 0. The van der Waals surface area contributed by atoms with E-state index in [1.54, 1.807) is 0 Å². The van der Waals surface area contributed by atoms with Gasteiger partial charge >= 0.3 is 6.09 Å². The van der Waals surface area contributed by atoms with Gasteiger partial charge < -0.3 is 14.5 Å². The molecule has 0 aliphatic carbocycles. The number of benzene rings is 2. The van der Waals surface area contributed by atoms with Crippen LogP contribution in [0.2, 0.25) is 10.0 Å². The van der Waals surface area contributed by atoms with Crippen molar-refractivity contribution in [3.8, 4) is 11.1 Å². The van der Waals surface area contributed by atoms with Crippen LogP contribution >= 0.6 is 35.0 Å². The van der Waals surface area contributed by atoms with Crippen LogP contribution in [0.15, 0.2) is 35.2 Å². The van der Waals surface area contributed by atoms with Crippen LogP contribution in [0.3, 0.4) is 0 Å². The van der Waals surface area contributed by atoms with Crippen molar-refractivity contribution in [1.82, 2.24) is 4.90 Å². The molecule has 33 heavy (non-hydrogen) atoms. The molecule has 0 spiro atoms. The largest absolute Gasteiger partial charge is 0.444 e. The molecule has 0 radical (unpaired) electrons. The molecule has 2 unspecified atom stereocenters. The molecule has 3 heterocycles. The van der Waals surface area contributed by atoms with Gasteiger partial charge in [0.05, 0.1) is 5.69 Å². The van der Waals surface area contributed by atoms with Crippen molar-refractivity contribution in [2.45, 2.75) is 62.5 Å². The number of anilines is 1. The summed E-state index contributed by atoms with van der Waals surface area (Å²) in [5, 5.41) is 1.33. The van der Waals surface area contributed by atoms with Crippen molar-refractivity contribution >= 4 is 46.7 Å². The summed E-state index contributed by atoms with van der Waals surface area (Å²) in [6.07, 6.45) is 2.86. The average Bonchev–Trinajstić information content (AvgIpc) is 2.91. The summed E-state index contributed by atoms with van der Waals surface area (Å²) in [4.78, 5) is 18.6. The van der Waals surface area contributed by atoms with Crippen LogP contribution in [0.4, 0.5) is 10.5 Å². The Hall–Kier alpha value is -1.56. The van der Waals surface area contributed by atoms with Crippen LogP contribution in [0.5, 0.6) is 0 Å². The quantitative estimate of drug-likeness (QED) is 0.403. The molecule has 2 aromatic rings. The Labute approximate surface area is 210 Å². The van der Waals surface area contributed by atoms with E-state index in [-0.39, 0.29) is 6.09 Å². The smallest absolute Gasteiger partial charge is 0.410 e. The minimum Gasteiger partial charge on any atom is -0.444 e. The molecular weight excluding hydrogens is 475 g/mol. The third-order valence-corrected chi connectivity index (χ3v) is 8.42. The van der Waals surface area contributed by atoms with E-state index >= 15 is 0 Å². The van der Waals surface area contributed by atoms with E-state index < -0.39 is 5.60 Å². The van der Waals surface area contributed by atoms with Crippen molar-refractivity contribution < 1.29 is 9.53 Å². The van der Waals surface area contributed by atoms with Crippen molar-refractivity contribution in [2.75, 3.05) is 30.3 Å². The first-order chi connectivity index (χ1) is 15.7. The first-order valence-corrected chi connectivity index (χ1v) is 13.5. The minimum atomic E-state index is -0.477. The standard InChI is InChI=1S/C26H30Cl2N2O2S/c1-26(2,3)32-25(31)29-10-7-19-20-13-16(18-6-5-17(27)15-21(18)28)14-23-24(20)30(9-4-12-33-23)22(19)8-11-29/h5-6,13-15,19,22H,4,7-12H2,1-3H3. The summed E-state index contributed by atoms with van der Waals surface area (Å²) in [5.41, 5.74) is 4.50. The van der Waals surface area contributed by atoms with Gasteiger partial charge in [0.15, 0.2) is 0 Å². The van der Waals surface area contributed by atoms with Gasteiger partial charge in [-0.15, -0.1) is 11.8 Å². The molecule has 4 nitrogen and oxygen atoms in total. The van der Waals surface area contributed by atoms with Crippen molar-refractivity contribution in [3.63, 3.8) is 0 Å². The van der Waals surface area contributed by atoms with Crippen molar-refractivity contribution in [2.24, 2.45) is 0 Å². The Morgan fingerprint density at radius 1 is 1.09 bits per heavy atom. The van der Waals surface area contributed by atoms with Crippen molar-refractivity contribution in [1.29, 1.82) is 0 Å². The zero-order valence-corrected chi connectivity index (χ0v) is 21.7. The zero-order chi connectivity index (χ0) is 23.3. The number of carbonyl (C=O) groups is 1. The normalized spacial score (nSPS) is 22.3. The lowest BCUT2D eigenvalue weighted by molar-refractivity contribution is 0.0255. The van der Waals surface area contributed by atoms with E-state index in [1.807, 2.05) is 55.6 Å². The van der Waals surface area contributed by atoms with E-state index in [1.165, 1.54) is 16.1 Å². The van der Waals surface area contributed by atoms with Gasteiger partial charge in [-0.05, 0) is 81.2 Å². The van der Waals surface area contributed by atoms with Gasteiger partial charge in [-0.3, -0.25) is 0 Å².